The van der Waals surface area contributed by atoms with Crippen LogP contribution >= 0.6 is 11.3 Å². The molecule has 0 spiro atoms. The van der Waals surface area contributed by atoms with Crippen molar-refractivity contribution in [1.29, 1.82) is 15.8 Å². The van der Waals surface area contributed by atoms with Crippen molar-refractivity contribution in [1.82, 2.24) is 0 Å². The highest BCUT2D eigenvalue weighted by molar-refractivity contribution is 7.10. The first-order valence-electron chi connectivity index (χ1n) is 7.16. The van der Waals surface area contributed by atoms with Crippen molar-refractivity contribution < 1.29 is 0 Å². The average Bonchev–Trinajstić information content (AvgIpc) is 3.08. The van der Waals surface area contributed by atoms with Crippen LogP contribution in [-0.2, 0) is 0 Å². The lowest BCUT2D eigenvalue weighted by Crippen LogP contribution is -2.41. The molecule has 2 N–H and O–H groups in total. The third kappa shape index (κ3) is 1.78. The van der Waals surface area contributed by atoms with Crippen LogP contribution in [0.3, 0.4) is 0 Å². The van der Waals surface area contributed by atoms with E-state index in [2.05, 4.69) is 18.2 Å². The fraction of sp³-hybridized carbons (Fsp3) is 0.353. The smallest absolute Gasteiger partial charge is 0.188 e. The summed E-state index contributed by atoms with van der Waals surface area (Å²) < 4.78 is 0. The fourth-order valence-electron chi connectivity index (χ4n) is 3.68. The Morgan fingerprint density at radius 2 is 2.05 bits per heavy atom. The largest absolute Gasteiger partial charge is 0.398 e. The van der Waals surface area contributed by atoms with Gasteiger partial charge in [0.1, 0.15) is 0 Å². The lowest BCUT2D eigenvalue weighted by Gasteiger charge is -2.42. The average molecular weight is 306 g/mol. The van der Waals surface area contributed by atoms with E-state index >= 15 is 0 Å². The number of fused-ring (bicyclic) bond motifs is 1. The van der Waals surface area contributed by atoms with Crippen LogP contribution < -0.4 is 5.73 Å². The zero-order valence-corrected chi connectivity index (χ0v) is 12.7. The number of hydrogen-bond donors (Lipinski definition) is 1. The van der Waals surface area contributed by atoms with E-state index in [9.17, 15) is 15.8 Å². The maximum absolute atomic E-state index is 9.79. The van der Waals surface area contributed by atoms with Crippen LogP contribution in [0.1, 0.15) is 30.1 Å². The van der Waals surface area contributed by atoms with Crippen molar-refractivity contribution >= 4 is 11.3 Å². The molecule has 2 atom stereocenters. The van der Waals surface area contributed by atoms with Crippen molar-refractivity contribution in [2.45, 2.75) is 25.2 Å². The lowest BCUT2D eigenvalue weighted by atomic mass is 9.57. The Kier molecular flexibility index (Phi) is 3.49. The maximum Gasteiger partial charge on any atom is 0.188 e. The summed E-state index contributed by atoms with van der Waals surface area (Å²) in [6.07, 6.45) is 4.89. The minimum absolute atomic E-state index is 0.0313. The highest BCUT2D eigenvalue weighted by atomic mass is 32.1. The van der Waals surface area contributed by atoms with Gasteiger partial charge in [-0.25, -0.2) is 0 Å². The van der Waals surface area contributed by atoms with Crippen LogP contribution in [0.15, 0.2) is 40.4 Å². The number of allylic oxidation sites excluding steroid dienone is 3. The zero-order valence-electron chi connectivity index (χ0n) is 11.9. The van der Waals surface area contributed by atoms with Crippen LogP contribution in [0.2, 0.25) is 0 Å². The molecular weight excluding hydrogens is 292 g/mol. The van der Waals surface area contributed by atoms with Gasteiger partial charge in [0, 0.05) is 10.8 Å². The molecule has 0 fully saturated rings. The van der Waals surface area contributed by atoms with Crippen molar-refractivity contribution in [2.24, 2.45) is 17.1 Å². The fourth-order valence-corrected chi connectivity index (χ4v) is 4.64. The summed E-state index contributed by atoms with van der Waals surface area (Å²) in [5.41, 5.74) is 6.07. The third-order valence-corrected chi connectivity index (χ3v) is 5.60. The summed E-state index contributed by atoms with van der Waals surface area (Å²) in [4.78, 5) is 0.973. The summed E-state index contributed by atoms with van der Waals surface area (Å²) in [5, 5.41) is 31.1. The molecule has 2 aliphatic rings. The second-order valence-corrected chi connectivity index (χ2v) is 6.60. The monoisotopic (exact) mass is 306 g/mol. The van der Waals surface area contributed by atoms with Gasteiger partial charge in [-0.1, -0.05) is 12.1 Å². The molecule has 22 heavy (non-hydrogen) atoms. The standard InChI is InChI=1S/C17H14N4S/c18-8-13-16(21)12-5-2-1-4-11(12)15(14-6-3-7-22-14)17(13,9-19)10-20/h3,5-7,11,15H,1-2,4,21H2/t11-,15-/m1/s1. The topological polar surface area (TPSA) is 97.4 Å². The lowest BCUT2D eigenvalue weighted by molar-refractivity contribution is 0.326. The van der Waals surface area contributed by atoms with Gasteiger partial charge in [-0.2, -0.15) is 15.8 Å². The Hall–Kier alpha value is -2.55. The zero-order chi connectivity index (χ0) is 15.7. The van der Waals surface area contributed by atoms with Gasteiger partial charge < -0.3 is 5.73 Å². The third-order valence-electron chi connectivity index (χ3n) is 4.64. The van der Waals surface area contributed by atoms with E-state index in [1.165, 1.54) is 11.3 Å². The number of thiophene rings is 1. The van der Waals surface area contributed by atoms with E-state index in [-0.39, 0.29) is 17.4 Å². The number of nitrogens with two attached hydrogens (primary N) is 1. The Labute approximate surface area is 133 Å². The molecule has 0 radical (unpaired) electrons. The van der Waals surface area contributed by atoms with E-state index in [1.54, 1.807) is 0 Å². The Morgan fingerprint density at radius 3 is 2.64 bits per heavy atom. The number of nitriles is 3. The Bertz CT molecular complexity index is 766. The molecule has 0 unspecified atom stereocenters. The molecule has 0 saturated heterocycles. The second-order valence-electron chi connectivity index (χ2n) is 5.62. The summed E-state index contributed by atoms with van der Waals surface area (Å²) in [6.45, 7) is 0. The molecule has 3 rings (SSSR count). The first-order valence-corrected chi connectivity index (χ1v) is 8.04. The van der Waals surface area contributed by atoms with Crippen LogP contribution in [0.4, 0.5) is 0 Å². The van der Waals surface area contributed by atoms with Gasteiger partial charge in [-0.05, 0) is 42.2 Å². The first-order chi connectivity index (χ1) is 10.7. The second kappa shape index (κ2) is 5.34. The molecular formula is C17H14N4S. The predicted molar refractivity (Wildman–Crippen MR) is 83.0 cm³/mol. The van der Waals surface area contributed by atoms with Crippen molar-refractivity contribution in [3.05, 3.63) is 45.3 Å². The normalized spacial score (nSPS) is 26.1. The summed E-state index contributed by atoms with van der Waals surface area (Å²) in [5.74, 6) is -0.292. The number of hydrogen-bond acceptors (Lipinski definition) is 5. The summed E-state index contributed by atoms with van der Waals surface area (Å²) in [6, 6.07) is 10.2. The van der Waals surface area contributed by atoms with E-state index in [4.69, 9.17) is 5.73 Å². The number of nitrogens with zero attached hydrogens (tertiary/aromatic N) is 3. The molecule has 0 saturated carbocycles. The van der Waals surface area contributed by atoms with Gasteiger partial charge in [-0.3, -0.25) is 0 Å². The van der Waals surface area contributed by atoms with E-state index in [1.807, 2.05) is 23.6 Å². The molecule has 0 bridgehead atoms. The molecule has 108 valence electrons. The SMILES string of the molecule is N#CC1=C(N)C2=CCCC[C@H]2[C@H](c2cccs2)C1(C#N)C#N. The molecule has 0 aromatic carbocycles. The molecule has 1 aromatic heterocycles. The predicted octanol–water partition coefficient (Wildman–Crippen LogP) is 3.34. The molecule has 0 amide bonds. The van der Waals surface area contributed by atoms with Crippen LogP contribution in [0, 0.1) is 45.3 Å². The summed E-state index contributed by atoms with van der Waals surface area (Å²) in [7, 11) is 0. The Balaban J connectivity index is 2.34. The van der Waals surface area contributed by atoms with Crippen molar-refractivity contribution in [3.8, 4) is 18.2 Å². The minimum Gasteiger partial charge on any atom is -0.398 e. The van der Waals surface area contributed by atoms with Gasteiger partial charge in [0.15, 0.2) is 5.41 Å². The maximum atomic E-state index is 9.79. The van der Waals surface area contributed by atoms with Gasteiger partial charge in [0.2, 0.25) is 0 Å². The molecule has 4 nitrogen and oxygen atoms in total. The van der Waals surface area contributed by atoms with Gasteiger partial charge in [0.05, 0.1) is 29.5 Å². The molecule has 5 heteroatoms. The van der Waals surface area contributed by atoms with E-state index in [0.29, 0.717) is 5.70 Å². The van der Waals surface area contributed by atoms with Crippen molar-refractivity contribution in [3.63, 3.8) is 0 Å². The molecule has 1 heterocycles. The van der Waals surface area contributed by atoms with Crippen LogP contribution in [0.5, 0.6) is 0 Å². The van der Waals surface area contributed by atoms with Gasteiger partial charge in [-0.15, -0.1) is 11.3 Å². The molecule has 1 aromatic rings. The number of rotatable bonds is 1. The molecule has 2 aliphatic carbocycles. The quantitative estimate of drug-likeness (QED) is 0.860. The van der Waals surface area contributed by atoms with Gasteiger partial charge in [0.25, 0.3) is 0 Å². The van der Waals surface area contributed by atoms with Crippen molar-refractivity contribution in [2.75, 3.05) is 0 Å². The molecule has 0 aliphatic heterocycles. The van der Waals surface area contributed by atoms with Gasteiger partial charge >= 0.3 is 0 Å². The van der Waals surface area contributed by atoms with E-state index < -0.39 is 5.41 Å². The first kappa shape index (κ1) is 14.4. The highest BCUT2D eigenvalue weighted by Gasteiger charge is 2.54. The van der Waals surface area contributed by atoms with E-state index in [0.717, 1.165) is 29.7 Å². The van der Waals surface area contributed by atoms with Crippen LogP contribution in [-0.4, -0.2) is 0 Å². The van der Waals surface area contributed by atoms with Crippen LogP contribution in [0.25, 0.3) is 0 Å². The Morgan fingerprint density at radius 1 is 1.27 bits per heavy atom. The minimum atomic E-state index is -1.50. The highest BCUT2D eigenvalue weighted by Crippen LogP contribution is 2.56. The summed E-state index contributed by atoms with van der Waals surface area (Å²) >= 11 is 1.53.